The Kier molecular flexibility index (Phi) is 4.27. The van der Waals surface area contributed by atoms with E-state index in [-0.39, 0.29) is 18.3 Å². The number of aliphatic hydroxyl groups excluding tert-OH is 1. The Morgan fingerprint density at radius 2 is 2.25 bits per heavy atom. The summed E-state index contributed by atoms with van der Waals surface area (Å²) in [5.41, 5.74) is 1.29. The van der Waals surface area contributed by atoms with E-state index in [1.807, 2.05) is 18.9 Å². The van der Waals surface area contributed by atoms with Crippen LogP contribution in [0.4, 0.5) is 10.1 Å². The smallest absolute Gasteiger partial charge is 0.123 e. The molecule has 0 heterocycles. The van der Waals surface area contributed by atoms with E-state index in [1.165, 1.54) is 12.1 Å². The van der Waals surface area contributed by atoms with Gasteiger partial charge in [-0.15, -0.1) is 0 Å². The van der Waals surface area contributed by atoms with Crippen molar-refractivity contribution in [3.63, 3.8) is 0 Å². The van der Waals surface area contributed by atoms with Crippen molar-refractivity contribution in [2.75, 3.05) is 18.5 Å². The van der Waals surface area contributed by atoms with E-state index in [0.717, 1.165) is 5.69 Å². The van der Waals surface area contributed by atoms with E-state index in [1.54, 1.807) is 6.07 Å². The Bertz CT molecular complexity index is 400. The van der Waals surface area contributed by atoms with Gasteiger partial charge in [-0.1, -0.05) is 0 Å². The molecule has 0 saturated heterocycles. The fraction of sp³-hybridized carbons (Fsp3) is 0.417. The topological polar surface area (TPSA) is 47.3 Å². The number of rotatable bonds is 4. The SMILES string of the molecule is CC(C#N)CN(C)c1ccc(F)cc1CO. The van der Waals surface area contributed by atoms with Gasteiger partial charge in [-0.25, -0.2) is 4.39 Å². The minimum Gasteiger partial charge on any atom is -0.392 e. The van der Waals surface area contributed by atoms with E-state index >= 15 is 0 Å². The Hall–Kier alpha value is -1.60. The van der Waals surface area contributed by atoms with Crippen LogP contribution >= 0.6 is 0 Å². The Labute approximate surface area is 94.7 Å². The second-order valence-electron chi connectivity index (χ2n) is 3.84. The van der Waals surface area contributed by atoms with Crippen LogP contribution in [0.1, 0.15) is 12.5 Å². The predicted octanol–water partition coefficient (Wildman–Crippen LogP) is 1.91. The first-order valence-electron chi connectivity index (χ1n) is 5.08. The summed E-state index contributed by atoms with van der Waals surface area (Å²) >= 11 is 0. The van der Waals surface area contributed by atoms with Gasteiger partial charge in [-0.3, -0.25) is 0 Å². The third-order valence-electron chi connectivity index (χ3n) is 2.39. The first-order valence-corrected chi connectivity index (χ1v) is 5.08. The first kappa shape index (κ1) is 12.5. The summed E-state index contributed by atoms with van der Waals surface area (Å²) in [5, 5.41) is 17.8. The molecule has 0 amide bonds. The highest BCUT2D eigenvalue weighted by Gasteiger charge is 2.10. The molecular formula is C12H15FN2O. The molecule has 1 aromatic rings. The molecule has 0 spiro atoms. The maximum absolute atomic E-state index is 12.9. The predicted molar refractivity (Wildman–Crippen MR) is 60.4 cm³/mol. The maximum atomic E-state index is 12.9. The van der Waals surface area contributed by atoms with E-state index in [4.69, 9.17) is 10.4 Å². The summed E-state index contributed by atoms with van der Waals surface area (Å²) < 4.78 is 12.9. The summed E-state index contributed by atoms with van der Waals surface area (Å²) in [6.45, 7) is 2.16. The second kappa shape index (κ2) is 5.47. The number of anilines is 1. The van der Waals surface area contributed by atoms with Gasteiger partial charge in [0.1, 0.15) is 5.82 Å². The molecule has 3 nitrogen and oxygen atoms in total. The molecule has 0 aliphatic carbocycles. The fourth-order valence-electron chi connectivity index (χ4n) is 1.60. The van der Waals surface area contributed by atoms with Crippen molar-refractivity contribution >= 4 is 5.69 Å². The lowest BCUT2D eigenvalue weighted by molar-refractivity contribution is 0.281. The van der Waals surface area contributed by atoms with Crippen molar-refractivity contribution in [3.05, 3.63) is 29.6 Å². The summed E-state index contributed by atoms with van der Waals surface area (Å²) in [6.07, 6.45) is 0. The molecule has 0 aliphatic heterocycles. The standard InChI is InChI=1S/C12H15FN2O/c1-9(6-14)7-15(2)12-4-3-11(13)5-10(12)8-16/h3-5,9,16H,7-8H2,1-2H3. The van der Waals surface area contributed by atoms with Crippen LogP contribution in [0.15, 0.2) is 18.2 Å². The van der Waals surface area contributed by atoms with Gasteiger partial charge in [-0.05, 0) is 25.1 Å². The monoisotopic (exact) mass is 222 g/mol. The minimum atomic E-state index is -0.366. The van der Waals surface area contributed by atoms with Gasteiger partial charge >= 0.3 is 0 Å². The lowest BCUT2D eigenvalue weighted by atomic mass is 10.1. The van der Waals surface area contributed by atoms with Crippen LogP contribution in [0.25, 0.3) is 0 Å². The number of nitrogens with zero attached hydrogens (tertiary/aromatic N) is 2. The van der Waals surface area contributed by atoms with E-state index < -0.39 is 0 Å². The van der Waals surface area contributed by atoms with Crippen molar-refractivity contribution in [1.82, 2.24) is 0 Å². The number of hydrogen-bond acceptors (Lipinski definition) is 3. The van der Waals surface area contributed by atoms with Gasteiger partial charge in [-0.2, -0.15) is 5.26 Å². The second-order valence-corrected chi connectivity index (χ2v) is 3.84. The average Bonchev–Trinajstić information content (AvgIpc) is 2.28. The van der Waals surface area contributed by atoms with Crippen LogP contribution in [0.5, 0.6) is 0 Å². The number of aliphatic hydroxyl groups is 1. The van der Waals surface area contributed by atoms with Crippen molar-refractivity contribution in [2.45, 2.75) is 13.5 Å². The molecule has 1 aromatic carbocycles. The molecular weight excluding hydrogens is 207 g/mol. The minimum absolute atomic E-state index is 0.110. The number of benzene rings is 1. The lowest BCUT2D eigenvalue weighted by Crippen LogP contribution is -2.24. The maximum Gasteiger partial charge on any atom is 0.123 e. The fourth-order valence-corrected chi connectivity index (χ4v) is 1.60. The van der Waals surface area contributed by atoms with Crippen LogP contribution in [0.2, 0.25) is 0 Å². The van der Waals surface area contributed by atoms with Crippen molar-refractivity contribution < 1.29 is 9.50 Å². The molecule has 1 rings (SSSR count). The van der Waals surface area contributed by atoms with Crippen LogP contribution in [-0.4, -0.2) is 18.7 Å². The Morgan fingerprint density at radius 1 is 1.56 bits per heavy atom. The first-order chi connectivity index (χ1) is 7.58. The van der Waals surface area contributed by atoms with Crippen molar-refractivity contribution in [2.24, 2.45) is 5.92 Å². The van der Waals surface area contributed by atoms with E-state index in [0.29, 0.717) is 12.1 Å². The molecule has 86 valence electrons. The number of hydrogen-bond donors (Lipinski definition) is 1. The average molecular weight is 222 g/mol. The van der Waals surface area contributed by atoms with Crippen LogP contribution in [0.3, 0.4) is 0 Å². The zero-order valence-corrected chi connectivity index (χ0v) is 9.44. The van der Waals surface area contributed by atoms with Gasteiger partial charge < -0.3 is 10.0 Å². The molecule has 0 aliphatic rings. The van der Waals surface area contributed by atoms with Gasteiger partial charge in [0.2, 0.25) is 0 Å². The van der Waals surface area contributed by atoms with Crippen molar-refractivity contribution in [1.29, 1.82) is 5.26 Å². The molecule has 1 atom stereocenters. The molecule has 0 bridgehead atoms. The summed E-state index contributed by atoms with van der Waals surface area (Å²) in [6, 6.07) is 6.41. The quantitative estimate of drug-likeness (QED) is 0.846. The van der Waals surface area contributed by atoms with Crippen LogP contribution in [-0.2, 0) is 6.61 Å². The summed E-state index contributed by atoms with van der Waals surface area (Å²) in [7, 11) is 1.82. The van der Waals surface area contributed by atoms with Crippen molar-refractivity contribution in [3.8, 4) is 6.07 Å². The highest BCUT2D eigenvalue weighted by atomic mass is 19.1. The molecule has 16 heavy (non-hydrogen) atoms. The molecule has 0 aromatic heterocycles. The van der Waals surface area contributed by atoms with E-state index in [9.17, 15) is 4.39 Å². The number of nitriles is 1. The molecule has 1 N–H and O–H groups in total. The molecule has 4 heteroatoms. The summed E-state index contributed by atoms with van der Waals surface area (Å²) in [5.74, 6) is -0.476. The lowest BCUT2D eigenvalue weighted by Gasteiger charge is -2.22. The number of halogens is 1. The van der Waals surface area contributed by atoms with E-state index in [2.05, 4.69) is 6.07 Å². The van der Waals surface area contributed by atoms with Gasteiger partial charge in [0.15, 0.2) is 0 Å². The molecule has 0 saturated carbocycles. The highest BCUT2D eigenvalue weighted by Crippen LogP contribution is 2.21. The van der Waals surface area contributed by atoms with Gasteiger partial charge in [0, 0.05) is 24.8 Å². The zero-order chi connectivity index (χ0) is 12.1. The molecule has 1 unspecified atom stereocenters. The third-order valence-corrected chi connectivity index (χ3v) is 2.39. The largest absolute Gasteiger partial charge is 0.392 e. The zero-order valence-electron chi connectivity index (χ0n) is 9.44. The van der Waals surface area contributed by atoms with Gasteiger partial charge in [0.05, 0.1) is 18.6 Å². The van der Waals surface area contributed by atoms with Crippen LogP contribution in [0, 0.1) is 23.1 Å². The molecule has 0 radical (unpaired) electrons. The Morgan fingerprint density at radius 3 is 2.81 bits per heavy atom. The van der Waals surface area contributed by atoms with Gasteiger partial charge in [0.25, 0.3) is 0 Å². The summed E-state index contributed by atoms with van der Waals surface area (Å²) in [4.78, 5) is 1.85. The highest BCUT2D eigenvalue weighted by molar-refractivity contribution is 5.53. The third kappa shape index (κ3) is 2.94. The normalized spacial score (nSPS) is 11.9. The molecule has 0 fully saturated rings. The Balaban J connectivity index is 2.91. The van der Waals surface area contributed by atoms with Crippen LogP contribution < -0.4 is 4.90 Å².